The van der Waals surface area contributed by atoms with Crippen LogP contribution in [0.2, 0.25) is 0 Å². The second-order valence-corrected chi connectivity index (χ2v) is 24.6. The van der Waals surface area contributed by atoms with Gasteiger partial charge in [0.15, 0.2) is 12.4 Å². The maximum Gasteiger partial charge on any atom is 0.306 e. The van der Waals surface area contributed by atoms with Crippen LogP contribution in [0, 0.1) is 0 Å². The van der Waals surface area contributed by atoms with Crippen LogP contribution in [0.25, 0.3) is 0 Å². The van der Waals surface area contributed by atoms with Gasteiger partial charge in [-0.3, -0.25) is 9.59 Å². The maximum absolute atomic E-state index is 13.5. The number of aliphatic hydroxyl groups is 5. The Balaban J connectivity index is 2.56. The van der Waals surface area contributed by atoms with Crippen molar-refractivity contribution in [1.82, 2.24) is 5.32 Å². The van der Waals surface area contributed by atoms with Crippen LogP contribution in [-0.2, 0) is 23.8 Å². The molecule has 11 heteroatoms. The van der Waals surface area contributed by atoms with Gasteiger partial charge < -0.3 is 45.1 Å². The Hall–Kier alpha value is -2.38. The van der Waals surface area contributed by atoms with Crippen molar-refractivity contribution < 1.29 is 49.3 Å². The fraction of sp³-hybridized carbons (Fsp3) is 0.861. The molecule has 11 nitrogen and oxygen atoms in total. The van der Waals surface area contributed by atoms with E-state index >= 15 is 0 Å². The minimum atomic E-state index is -1.61. The normalized spacial score (nSPS) is 18.8. The van der Waals surface area contributed by atoms with Gasteiger partial charge in [-0.1, -0.05) is 313 Å². The number of allylic oxidation sites excluding steroid dienone is 7. The first-order valence-electron chi connectivity index (χ1n) is 35.4. The molecule has 0 aromatic heterocycles. The number of hydrogen-bond donors (Lipinski definition) is 6. The monoisotopic (exact) mass is 1170 g/mol. The van der Waals surface area contributed by atoms with Gasteiger partial charge in [0.05, 0.1) is 25.4 Å². The van der Waals surface area contributed by atoms with E-state index in [0.717, 1.165) is 77.0 Å². The summed E-state index contributed by atoms with van der Waals surface area (Å²) < 4.78 is 17.7. The van der Waals surface area contributed by atoms with Crippen molar-refractivity contribution in [1.29, 1.82) is 0 Å². The number of nitrogens with one attached hydrogen (secondary N) is 1. The third kappa shape index (κ3) is 47.4. The predicted octanol–water partition coefficient (Wildman–Crippen LogP) is 18.0. The van der Waals surface area contributed by atoms with Crippen molar-refractivity contribution >= 4 is 11.9 Å². The lowest BCUT2D eigenvalue weighted by Crippen LogP contribution is -2.61. The molecule has 8 unspecified atom stereocenters. The average molecular weight is 1170 g/mol. The second-order valence-electron chi connectivity index (χ2n) is 24.6. The summed E-state index contributed by atoms with van der Waals surface area (Å²) in [4.78, 5) is 26.7. The van der Waals surface area contributed by atoms with Crippen molar-refractivity contribution in [2.75, 3.05) is 13.2 Å². The number of aliphatic hydroxyl groups excluding tert-OH is 5. The molecule has 486 valence electrons. The number of carbonyl (C=O) groups is 2. The topological polar surface area (TPSA) is 175 Å². The standard InChI is InChI=1S/C72H133NO10/c1-4-7-10-13-16-19-22-24-26-28-30-32-33-34-36-38-40-42-45-48-51-54-57-60-67(77)83-70-69(79)68(78)66(61-74)82-72(70)81-62-63(64(75)58-55-52-49-46-43-21-18-15-12-9-6-3)73-71(80)65(76)59-56-53-50-47-44-41-39-37-35-31-29-27-25-23-20-17-14-11-8-5-2/h16,19,24,26,30,32,55,58,63-66,68-70,72,74-76,78-79H,4-15,17-18,20-23,25,27-29,31,33-54,56-57,59-62H2,1-3H3,(H,73,80)/b19-16-,26-24-,32-30-,58-55+. The summed E-state index contributed by atoms with van der Waals surface area (Å²) in [6, 6.07) is -1.02. The molecule has 1 saturated heterocycles. The van der Waals surface area contributed by atoms with E-state index < -0.39 is 67.4 Å². The predicted molar refractivity (Wildman–Crippen MR) is 347 cm³/mol. The number of unbranched alkanes of at least 4 members (excludes halogenated alkanes) is 41. The summed E-state index contributed by atoms with van der Waals surface area (Å²) in [5.41, 5.74) is 0. The molecular formula is C72H133NO10. The van der Waals surface area contributed by atoms with E-state index in [2.05, 4.69) is 62.5 Å². The van der Waals surface area contributed by atoms with Crippen molar-refractivity contribution in [3.8, 4) is 0 Å². The van der Waals surface area contributed by atoms with E-state index in [0.29, 0.717) is 19.3 Å². The summed E-state index contributed by atoms with van der Waals surface area (Å²) in [7, 11) is 0. The van der Waals surface area contributed by atoms with Crippen molar-refractivity contribution in [3.63, 3.8) is 0 Å². The SMILES string of the molecule is CCCCC/C=C\C/C=C\C/C=C\CCCCCCCCCCCCC(=O)OC1C(OCC(NC(=O)C(O)CCCCCCCCCCCCCCCCCCCCCC)C(O)/C=C/CCCCCCCCCCC)OC(CO)C(O)C1O. The highest BCUT2D eigenvalue weighted by Crippen LogP contribution is 2.26. The van der Waals surface area contributed by atoms with E-state index in [4.69, 9.17) is 14.2 Å². The molecule has 0 aromatic carbocycles. The third-order valence-corrected chi connectivity index (χ3v) is 16.7. The van der Waals surface area contributed by atoms with Gasteiger partial charge in [-0.25, -0.2) is 0 Å². The lowest BCUT2D eigenvalue weighted by atomic mass is 9.99. The fourth-order valence-corrected chi connectivity index (χ4v) is 11.1. The molecule has 83 heavy (non-hydrogen) atoms. The lowest BCUT2D eigenvalue weighted by Gasteiger charge is -2.41. The maximum atomic E-state index is 13.5. The van der Waals surface area contributed by atoms with Crippen LogP contribution in [0.3, 0.4) is 0 Å². The van der Waals surface area contributed by atoms with Crippen LogP contribution in [0.5, 0.6) is 0 Å². The molecule has 8 atom stereocenters. The molecule has 0 bridgehead atoms. The molecule has 1 aliphatic heterocycles. The number of amides is 1. The van der Waals surface area contributed by atoms with Gasteiger partial charge in [0.2, 0.25) is 5.91 Å². The molecule has 0 saturated carbocycles. The van der Waals surface area contributed by atoms with Crippen molar-refractivity contribution in [2.45, 2.75) is 384 Å². The highest BCUT2D eigenvalue weighted by atomic mass is 16.7. The fourth-order valence-electron chi connectivity index (χ4n) is 11.1. The third-order valence-electron chi connectivity index (χ3n) is 16.7. The quantitative estimate of drug-likeness (QED) is 0.0195. The molecule has 0 aromatic rings. The van der Waals surface area contributed by atoms with Gasteiger partial charge in [0, 0.05) is 6.42 Å². The summed E-state index contributed by atoms with van der Waals surface area (Å²) in [5, 5.41) is 57.2. The highest BCUT2D eigenvalue weighted by molar-refractivity contribution is 5.80. The molecule has 1 rings (SSSR count). The second kappa shape index (κ2) is 59.9. The van der Waals surface area contributed by atoms with E-state index in [9.17, 15) is 35.1 Å². The summed E-state index contributed by atoms with van der Waals surface area (Å²) in [5.74, 6) is -1.19. The first-order valence-corrected chi connectivity index (χ1v) is 35.4. The smallest absolute Gasteiger partial charge is 0.306 e. The number of esters is 1. The number of hydrogen-bond acceptors (Lipinski definition) is 10. The van der Waals surface area contributed by atoms with Crippen LogP contribution in [0.15, 0.2) is 48.6 Å². The number of ether oxygens (including phenoxy) is 3. The van der Waals surface area contributed by atoms with Crippen LogP contribution in [0.4, 0.5) is 0 Å². The average Bonchev–Trinajstić information content (AvgIpc) is 3.68. The zero-order valence-corrected chi connectivity index (χ0v) is 54.1. The first-order chi connectivity index (χ1) is 40.7. The first kappa shape index (κ1) is 78.6. The van der Waals surface area contributed by atoms with Crippen LogP contribution in [0.1, 0.15) is 335 Å². The van der Waals surface area contributed by atoms with Gasteiger partial charge in [-0.05, 0) is 64.2 Å². The Morgan fingerprint density at radius 2 is 0.831 bits per heavy atom. The number of rotatable bonds is 61. The largest absolute Gasteiger partial charge is 0.454 e. The molecule has 0 radical (unpaired) electrons. The van der Waals surface area contributed by atoms with E-state index in [1.165, 1.54) is 212 Å². The van der Waals surface area contributed by atoms with Crippen molar-refractivity contribution in [2.24, 2.45) is 0 Å². The Morgan fingerprint density at radius 1 is 0.470 bits per heavy atom. The lowest BCUT2D eigenvalue weighted by molar-refractivity contribution is -0.305. The van der Waals surface area contributed by atoms with Gasteiger partial charge in [-0.15, -0.1) is 0 Å². The summed E-state index contributed by atoms with van der Waals surface area (Å²) >= 11 is 0. The minimum absolute atomic E-state index is 0.120. The summed E-state index contributed by atoms with van der Waals surface area (Å²) in [6.07, 6.45) is 64.4. The Kier molecular flexibility index (Phi) is 56.8. The Bertz CT molecular complexity index is 1540. The molecular weight excluding hydrogens is 1040 g/mol. The molecule has 0 spiro atoms. The molecule has 1 amide bonds. The van der Waals surface area contributed by atoms with Gasteiger partial charge >= 0.3 is 5.97 Å². The van der Waals surface area contributed by atoms with E-state index in [-0.39, 0.29) is 13.0 Å². The number of carbonyl (C=O) groups excluding carboxylic acids is 2. The molecule has 6 N–H and O–H groups in total. The molecule has 0 aliphatic carbocycles. The Morgan fingerprint density at radius 3 is 1.27 bits per heavy atom. The van der Waals surface area contributed by atoms with E-state index in [1.54, 1.807) is 6.08 Å². The Labute approximate surface area is 510 Å². The molecule has 1 heterocycles. The zero-order chi connectivity index (χ0) is 60.3. The molecule has 1 fully saturated rings. The van der Waals surface area contributed by atoms with Crippen LogP contribution < -0.4 is 5.32 Å². The van der Waals surface area contributed by atoms with Crippen molar-refractivity contribution in [3.05, 3.63) is 48.6 Å². The van der Waals surface area contributed by atoms with Gasteiger partial charge in [0.1, 0.15) is 24.4 Å². The zero-order valence-electron chi connectivity index (χ0n) is 54.1. The minimum Gasteiger partial charge on any atom is -0.454 e. The van der Waals surface area contributed by atoms with Gasteiger partial charge in [-0.2, -0.15) is 0 Å². The van der Waals surface area contributed by atoms with Crippen LogP contribution in [-0.4, -0.2) is 99.6 Å². The van der Waals surface area contributed by atoms with Crippen LogP contribution >= 0.6 is 0 Å². The van der Waals surface area contributed by atoms with E-state index in [1.807, 2.05) is 6.08 Å². The van der Waals surface area contributed by atoms with Gasteiger partial charge in [0.25, 0.3) is 0 Å². The molecule has 1 aliphatic rings. The summed E-state index contributed by atoms with van der Waals surface area (Å²) in [6.45, 7) is 5.80. The highest BCUT2D eigenvalue weighted by Gasteiger charge is 2.47.